The molecule has 0 saturated carbocycles. The molecule has 0 radical (unpaired) electrons. The molecule has 3 aliphatic heterocycles. The van der Waals surface area contributed by atoms with Crippen LogP contribution in [-0.4, -0.2) is 84.7 Å². The van der Waals surface area contributed by atoms with E-state index in [1.54, 1.807) is 11.8 Å². The van der Waals surface area contributed by atoms with Crippen LogP contribution < -0.4 is 0 Å². The average Bonchev–Trinajstić information content (AvgIpc) is 3.48. The number of amides is 3. The third-order valence-electron chi connectivity index (χ3n) is 10.9. The van der Waals surface area contributed by atoms with Crippen molar-refractivity contribution in [3.05, 3.63) is 144 Å². The minimum atomic E-state index is -0.915. The first kappa shape index (κ1) is 39.3. The molecule has 4 aromatic carbocycles. The lowest BCUT2D eigenvalue weighted by molar-refractivity contribution is -0.329. The fraction of sp³-hybridized carbons (Fsp3) is 0.400. The molecular weight excluding hydrogens is 712 g/mol. The van der Waals surface area contributed by atoms with Crippen molar-refractivity contribution in [3.8, 4) is 0 Å². The van der Waals surface area contributed by atoms with Gasteiger partial charge in [-0.3, -0.25) is 14.5 Å². The highest BCUT2D eigenvalue weighted by atomic mass is 16.7. The van der Waals surface area contributed by atoms with Crippen molar-refractivity contribution >= 4 is 17.9 Å². The Morgan fingerprint density at radius 3 is 1.55 bits per heavy atom. The van der Waals surface area contributed by atoms with E-state index >= 15 is 0 Å². The monoisotopic (exact) mass is 762 g/mol. The van der Waals surface area contributed by atoms with E-state index in [-0.39, 0.29) is 51.3 Å². The summed E-state index contributed by atoms with van der Waals surface area (Å²) in [6, 6.07) is 39.4. The van der Waals surface area contributed by atoms with Crippen LogP contribution in [-0.2, 0) is 64.4 Å². The highest BCUT2D eigenvalue weighted by Crippen LogP contribution is 2.42. The Balaban J connectivity index is 1.13. The number of hydrogen-bond acceptors (Lipinski definition) is 9. The first-order valence-corrected chi connectivity index (χ1v) is 19.5. The molecule has 7 rings (SSSR count). The molecule has 3 heterocycles. The van der Waals surface area contributed by atoms with Crippen molar-refractivity contribution in [3.63, 3.8) is 0 Å². The molecule has 4 aromatic rings. The lowest BCUT2D eigenvalue weighted by Crippen LogP contribution is -2.62. The summed E-state index contributed by atoms with van der Waals surface area (Å²) in [5, 5.41) is 0. The lowest BCUT2D eigenvalue weighted by atomic mass is 9.77. The summed E-state index contributed by atoms with van der Waals surface area (Å²) in [5.74, 6) is -0.289. The van der Waals surface area contributed by atoms with Gasteiger partial charge in [0.1, 0.15) is 31.0 Å². The normalized spacial score (nSPS) is 23.4. The Morgan fingerprint density at radius 1 is 0.643 bits per heavy atom. The van der Waals surface area contributed by atoms with Crippen LogP contribution in [0.3, 0.4) is 0 Å². The lowest BCUT2D eigenvalue weighted by Gasteiger charge is -2.46. The number of benzene rings is 4. The SMILES string of the molecule is CCN1C(=O)CC2(CCN(C(=O)OCC3O[C@@H](OCc4ccccc4)C(OCc4ccccc4)C(OCc4ccccc4)[C@@H]3OCc3ccccc3)CC2)C1=O. The van der Waals surface area contributed by atoms with Crippen molar-refractivity contribution < 1.29 is 42.8 Å². The second-order valence-electron chi connectivity index (χ2n) is 14.6. The number of carbonyl (C=O) groups excluding carboxylic acids is 3. The molecule has 0 N–H and O–H groups in total. The van der Waals surface area contributed by atoms with Gasteiger partial charge >= 0.3 is 6.09 Å². The van der Waals surface area contributed by atoms with E-state index in [0.717, 1.165) is 22.3 Å². The molecule has 5 atom stereocenters. The molecule has 294 valence electrons. The van der Waals surface area contributed by atoms with Crippen molar-refractivity contribution in [2.24, 2.45) is 5.41 Å². The van der Waals surface area contributed by atoms with Gasteiger partial charge in [-0.15, -0.1) is 0 Å². The van der Waals surface area contributed by atoms with Gasteiger partial charge in [0.05, 0.1) is 31.8 Å². The third kappa shape index (κ3) is 9.54. The van der Waals surface area contributed by atoms with Gasteiger partial charge in [0.25, 0.3) is 0 Å². The Bertz CT molecular complexity index is 1860. The topological polar surface area (TPSA) is 113 Å². The summed E-state index contributed by atoms with van der Waals surface area (Å²) in [7, 11) is 0. The van der Waals surface area contributed by atoms with E-state index in [2.05, 4.69) is 0 Å². The molecule has 3 aliphatic rings. The number of likely N-dealkylation sites (tertiary alicyclic amines) is 2. The van der Waals surface area contributed by atoms with Gasteiger partial charge in [-0.25, -0.2) is 4.79 Å². The zero-order valence-corrected chi connectivity index (χ0v) is 31.8. The summed E-state index contributed by atoms with van der Waals surface area (Å²) in [4.78, 5) is 42.3. The number of imide groups is 1. The van der Waals surface area contributed by atoms with Crippen LogP contribution in [0.2, 0.25) is 0 Å². The number of piperidine rings is 1. The minimum absolute atomic E-state index is 0.140. The number of carbonyl (C=O) groups is 3. The Hall–Kier alpha value is -4.91. The Labute approximate surface area is 328 Å². The maximum atomic E-state index is 13.7. The molecular formula is C45H50N2O9. The molecule has 3 unspecified atom stereocenters. The largest absolute Gasteiger partial charge is 0.447 e. The summed E-state index contributed by atoms with van der Waals surface area (Å²) in [6.07, 6.45) is -3.44. The smallest absolute Gasteiger partial charge is 0.409 e. The van der Waals surface area contributed by atoms with Crippen LogP contribution in [0, 0.1) is 5.41 Å². The van der Waals surface area contributed by atoms with E-state index in [1.165, 1.54) is 4.90 Å². The number of ether oxygens (including phenoxy) is 6. The van der Waals surface area contributed by atoms with E-state index in [0.29, 0.717) is 32.5 Å². The van der Waals surface area contributed by atoms with Crippen LogP contribution in [0.1, 0.15) is 48.4 Å². The van der Waals surface area contributed by atoms with Gasteiger partial charge in [0.2, 0.25) is 11.8 Å². The van der Waals surface area contributed by atoms with Gasteiger partial charge in [-0.1, -0.05) is 121 Å². The van der Waals surface area contributed by atoms with Crippen LogP contribution in [0.25, 0.3) is 0 Å². The molecule has 11 heteroatoms. The summed E-state index contributed by atoms with van der Waals surface area (Å²) in [5.41, 5.74) is 3.10. The molecule has 0 aliphatic carbocycles. The predicted molar refractivity (Wildman–Crippen MR) is 207 cm³/mol. The van der Waals surface area contributed by atoms with Gasteiger partial charge in [-0.2, -0.15) is 0 Å². The van der Waals surface area contributed by atoms with Crippen LogP contribution in [0.15, 0.2) is 121 Å². The van der Waals surface area contributed by atoms with Gasteiger partial charge < -0.3 is 33.3 Å². The maximum absolute atomic E-state index is 13.7. The molecule has 1 spiro atoms. The minimum Gasteiger partial charge on any atom is -0.447 e. The zero-order valence-electron chi connectivity index (χ0n) is 31.8. The molecule has 56 heavy (non-hydrogen) atoms. The van der Waals surface area contributed by atoms with Crippen molar-refractivity contribution in [2.75, 3.05) is 26.2 Å². The van der Waals surface area contributed by atoms with Crippen molar-refractivity contribution in [2.45, 2.75) is 83.3 Å². The molecule has 11 nitrogen and oxygen atoms in total. The number of nitrogens with zero attached hydrogens (tertiary/aromatic N) is 2. The second-order valence-corrected chi connectivity index (χ2v) is 14.6. The maximum Gasteiger partial charge on any atom is 0.409 e. The number of hydrogen-bond donors (Lipinski definition) is 0. The van der Waals surface area contributed by atoms with Crippen molar-refractivity contribution in [1.29, 1.82) is 0 Å². The summed E-state index contributed by atoms with van der Waals surface area (Å²) < 4.78 is 39.4. The fourth-order valence-corrected chi connectivity index (χ4v) is 7.70. The molecule has 0 aromatic heterocycles. The Morgan fingerprint density at radius 2 is 1.09 bits per heavy atom. The third-order valence-corrected chi connectivity index (χ3v) is 10.9. The van der Waals surface area contributed by atoms with E-state index in [1.807, 2.05) is 121 Å². The zero-order chi connectivity index (χ0) is 38.7. The average molecular weight is 763 g/mol. The first-order chi connectivity index (χ1) is 27.4. The first-order valence-electron chi connectivity index (χ1n) is 19.5. The highest BCUT2D eigenvalue weighted by Gasteiger charge is 2.53. The van der Waals surface area contributed by atoms with Crippen LogP contribution in [0.4, 0.5) is 4.79 Å². The molecule has 3 saturated heterocycles. The number of rotatable bonds is 15. The van der Waals surface area contributed by atoms with Crippen LogP contribution >= 0.6 is 0 Å². The predicted octanol–water partition coefficient (Wildman–Crippen LogP) is 6.68. The van der Waals surface area contributed by atoms with E-state index in [9.17, 15) is 14.4 Å². The molecule has 0 bridgehead atoms. The summed E-state index contributed by atoms with van der Waals surface area (Å²) in [6.45, 7) is 3.65. The quantitative estimate of drug-likeness (QED) is 0.123. The summed E-state index contributed by atoms with van der Waals surface area (Å²) >= 11 is 0. The second kappa shape index (κ2) is 18.8. The van der Waals surface area contributed by atoms with Gasteiger partial charge in [-0.05, 0) is 42.0 Å². The standard InChI is InChI=1S/C45H50N2O9/c1-2-47-38(48)27-45(43(47)49)23-25-46(26-24-45)44(50)55-32-37-39(51-28-33-15-7-3-8-16-33)40(52-29-34-17-9-4-10-18-34)41(53-30-35-19-11-5-12-20-35)42(56-37)54-31-36-21-13-6-14-22-36/h3-22,37,39-42H,2,23-32H2,1H3/t37?,39-,40?,41?,42-/m1/s1. The Kier molecular flexibility index (Phi) is 13.2. The van der Waals surface area contributed by atoms with E-state index in [4.69, 9.17) is 28.4 Å². The fourth-order valence-electron chi connectivity index (χ4n) is 7.70. The molecule has 3 amide bonds. The van der Waals surface area contributed by atoms with Gasteiger partial charge in [0, 0.05) is 26.1 Å². The van der Waals surface area contributed by atoms with Gasteiger partial charge in [0.15, 0.2) is 6.29 Å². The molecule has 3 fully saturated rings. The van der Waals surface area contributed by atoms with E-state index < -0.39 is 42.2 Å². The van der Waals surface area contributed by atoms with Crippen LogP contribution in [0.5, 0.6) is 0 Å². The highest BCUT2D eigenvalue weighted by molar-refractivity contribution is 6.06. The van der Waals surface area contributed by atoms with Crippen molar-refractivity contribution in [1.82, 2.24) is 9.80 Å².